The number of ether oxygens (including phenoxy) is 1. The van der Waals surface area contributed by atoms with Gasteiger partial charge >= 0.3 is 0 Å². The minimum Gasteiger partial charge on any atom is -0.385 e. The van der Waals surface area contributed by atoms with Crippen molar-refractivity contribution in [2.45, 2.75) is 26.2 Å². The molecule has 1 heterocycles. The highest BCUT2D eigenvalue weighted by atomic mass is 16.5. The Hall–Kier alpha value is -0.610. The molecule has 0 aromatic rings. The molecular formula is C12H24N2O2. The van der Waals surface area contributed by atoms with Crippen molar-refractivity contribution in [3.8, 4) is 0 Å². The molecule has 1 aliphatic rings. The molecule has 4 heteroatoms. The van der Waals surface area contributed by atoms with Crippen LogP contribution in [0.5, 0.6) is 0 Å². The minimum atomic E-state index is 0.144. The molecule has 0 unspecified atom stereocenters. The van der Waals surface area contributed by atoms with Crippen molar-refractivity contribution in [3.63, 3.8) is 0 Å². The summed E-state index contributed by atoms with van der Waals surface area (Å²) in [4.78, 5) is 13.8. The Morgan fingerprint density at radius 1 is 1.44 bits per heavy atom. The van der Waals surface area contributed by atoms with Crippen LogP contribution in [0.25, 0.3) is 0 Å². The maximum absolute atomic E-state index is 11.6. The lowest BCUT2D eigenvalue weighted by Crippen LogP contribution is -2.41. The molecule has 0 atom stereocenters. The Labute approximate surface area is 98.3 Å². The fourth-order valence-electron chi connectivity index (χ4n) is 1.92. The lowest BCUT2D eigenvalue weighted by atomic mass is 9.99. The number of amides is 1. The molecule has 0 spiro atoms. The van der Waals surface area contributed by atoms with E-state index < -0.39 is 0 Å². The second kappa shape index (κ2) is 7.63. The van der Waals surface area contributed by atoms with Crippen molar-refractivity contribution in [1.82, 2.24) is 10.2 Å². The minimum absolute atomic E-state index is 0.144. The molecule has 1 N–H and O–H groups in total. The molecule has 0 saturated carbocycles. The summed E-state index contributed by atoms with van der Waals surface area (Å²) < 4.78 is 4.92. The smallest absolute Gasteiger partial charge is 0.234 e. The van der Waals surface area contributed by atoms with Crippen LogP contribution in [-0.4, -0.2) is 50.7 Å². The van der Waals surface area contributed by atoms with E-state index in [1.807, 2.05) is 0 Å². The number of carbonyl (C=O) groups is 1. The summed E-state index contributed by atoms with van der Waals surface area (Å²) in [6.07, 6.45) is 3.33. The molecule has 1 fully saturated rings. The number of methoxy groups -OCH3 is 1. The molecule has 1 saturated heterocycles. The highest BCUT2D eigenvalue weighted by Gasteiger charge is 2.17. The average Bonchev–Trinajstić information content (AvgIpc) is 2.28. The van der Waals surface area contributed by atoms with Gasteiger partial charge in [-0.2, -0.15) is 0 Å². The monoisotopic (exact) mass is 228 g/mol. The number of likely N-dealkylation sites (tertiary alicyclic amines) is 1. The quantitative estimate of drug-likeness (QED) is 0.686. The molecule has 0 aliphatic carbocycles. The van der Waals surface area contributed by atoms with Crippen LogP contribution in [0.4, 0.5) is 0 Å². The summed E-state index contributed by atoms with van der Waals surface area (Å²) in [6.45, 7) is 6.39. The van der Waals surface area contributed by atoms with Gasteiger partial charge < -0.3 is 10.1 Å². The van der Waals surface area contributed by atoms with E-state index in [1.54, 1.807) is 7.11 Å². The highest BCUT2D eigenvalue weighted by Crippen LogP contribution is 2.15. The van der Waals surface area contributed by atoms with Gasteiger partial charge in [0.05, 0.1) is 6.54 Å². The maximum atomic E-state index is 11.6. The third-order valence-corrected chi connectivity index (χ3v) is 3.09. The Balaban J connectivity index is 2.05. The predicted octanol–water partition coefficient (Wildman–Crippen LogP) is 0.871. The first kappa shape index (κ1) is 13.5. The lowest BCUT2D eigenvalue weighted by molar-refractivity contribution is -0.122. The van der Waals surface area contributed by atoms with Crippen LogP contribution >= 0.6 is 0 Å². The van der Waals surface area contributed by atoms with Crippen LogP contribution < -0.4 is 5.32 Å². The standard InChI is InChI=1S/C12H24N2O2/c1-11-4-7-14(8-5-11)10-12(15)13-6-3-9-16-2/h11H,3-10H2,1-2H3,(H,13,15). The van der Waals surface area contributed by atoms with Crippen LogP contribution in [0.2, 0.25) is 0 Å². The molecule has 94 valence electrons. The van der Waals surface area contributed by atoms with E-state index in [-0.39, 0.29) is 5.91 Å². The Kier molecular flexibility index (Phi) is 6.42. The van der Waals surface area contributed by atoms with Gasteiger partial charge in [0, 0.05) is 20.3 Å². The van der Waals surface area contributed by atoms with E-state index in [1.165, 1.54) is 12.8 Å². The molecule has 0 bridgehead atoms. The Bertz CT molecular complexity index is 201. The van der Waals surface area contributed by atoms with E-state index >= 15 is 0 Å². The number of nitrogens with zero attached hydrogens (tertiary/aromatic N) is 1. The number of rotatable bonds is 6. The first-order valence-electron chi connectivity index (χ1n) is 6.20. The largest absolute Gasteiger partial charge is 0.385 e. The zero-order valence-electron chi connectivity index (χ0n) is 10.5. The molecular weight excluding hydrogens is 204 g/mol. The van der Waals surface area contributed by atoms with E-state index in [0.717, 1.165) is 32.0 Å². The number of hydrogen-bond acceptors (Lipinski definition) is 3. The van der Waals surface area contributed by atoms with Crippen molar-refractivity contribution < 1.29 is 9.53 Å². The third kappa shape index (κ3) is 5.47. The van der Waals surface area contributed by atoms with Gasteiger partial charge in [-0.3, -0.25) is 9.69 Å². The SMILES string of the molecule is COCCCNC(=O)CN1CCC(C)CC1. The molecule has 1 amide bonds. The average molecular weight is 228 g/mol. The summed E-state index contributed by atoms with van der Waals surface area (Å²) in [7, 11) is 1.68. The van der Waals surface area contributed by atoms with Gasteiger partial charge in [-0.05, 0) is 38.3 Å². The lowest BCUT2D eigenvalue weighted by Gasteiger charge is -2.29. The predicted molar refractivity (Wildman–Crippen MR) is 64.3 cm³/mol. The van der Waals surface area contributed by atoms with E-state index in [2.05, 4.69) is 17.1 Å². The number of carbonyl (C=O) groups excluding carboxylic acids is 1. The van der Waals surface area contributed by atoms with Gasteiger partial charge in [-0.1, -0.05) is 6.92 Å². The summed E-state index contributed by atoms with van der Waals surface area (Å²) in [5.74, 6) is 0.965. The Morgan fingerprint density at radius 2 is 2.12 bits per heavy atom. The van der Waals surface area contributed by atoms with Crippen molar-refractivity contribution >= 4 is 5.91 Å². The highest BCUT2D eigenvalue weighted by molar-refractivity contribution is 5.77. The van der Waals surface area contributed by atoms with Gasteiger partial charge in [-0.25, -0.2) is 0 Å². The molecule has 1 aliphatic heterocycles. The fourth-order valence-corrected chi connectivity index (χ4v) is 1.92. The zero-order valence-corrected chi connectivity index (χ0v) is 10.5. The first-order chi connectivity index (χ1) is 7.72. The van der Waals surface area contributed by atoms with Gasteiger partial charge in [-0.15, -0.1) is 0 Å². The van der Waals surface area contributed by atoms with Crippen molar-refractivity contribution in [3.05, 3.63) is 0 Å². The van der Waals surface area contributed by atoms with Gasteiger partial charge in [0.15, 0.2) is 0 Å². The third-order valence-electron chi connectivity index (χ3n) is 3.09. The van der Waals surface area contributed by atoms with Crippen molar-refractivity contribution in [1.29, 1.82) is 0 Å². The number of piperidine rings is 1. The number of hydrogen-bond donors (Lipinski definition) is 1. The van der Waals surface area contributed by atoms with Crippen molar-refractivity contribution in [2.24, 2.45) is 5.92 Å². The van der Waals surface area contributed by atoms with E-state index in [0.29, 0.717) is 13.2 Å². The summed E-state index contributed by atoms with van der Waals surface area (Å²) in [5.41, 5.74) is 0. The first-order valence-corrected chi connectivity index (χ1v) is 6.20. The second-order valence-corrected chi connectivity index (χ2v) is 4.65. The number of nitrogens with one attached hydrogen (secondary N) is 1. The molecule has 0 aromatic heterocycles. The second-order valence-electron chi connectivity index (χ2n) is 4.65. The van der Waals surface area contributed by atoms with Crippen LogP contribution in [-0.2, 0) is 9.53 Å². The molecule has 4 nitrogen and oxygen atoms in total. The fraction of sp³-hybridized carbons (Fsp3) is 0.917. The topological polar surface area (TPSA) is 41.6 Å². The van der Waals surface area contributed by atoms with Crippen molar-refractivity contribution in [2.75, 3.05) is 39.9 Å². The van der Waals surface area contributed by atoms with Crippen LogP contribution in [0.3, 0.4) is 0 Å². The molecule has 0 aromatic carbocycles. The van der Waals surface area contributed by atoms with E-state index in [9.17, 15) is 4.79 Å². The van der Waals surface area contributed by atoms with Crippen LogP contribution in [0, 0.1) is 5.92 Å². The summed E-state index contributed by atoms with van der Waals surface area (Å²) in [6, 6.07) is 0. The normalized spacial score (nSPS) is 18.6. The van der Waals surface area contributed by atoms with Gasteiger partial charge in [0.2, 0.25) is 5.91 Å². The van der Waals surface area contributed by atoms with Crippen LogP contribution in [0.1, 0.15) is 26.2 Å². The van der Waals surface area contributed by atoms with Gasteiger partial charge in [0.25, 0.3) is 0 Å². The Morgan fingerprint density at radius 3 is 2.75 bits per heavy atom. The molecule has 16 heavy (non-hydrogen) atoms. The maximum Gasteiger partial charge on any atom is 0.234 e. The summed E-state index contributed by atoms with van der Waals surface area (Å²) >= 11 is 0. The molecule has 0 radical (unpaired) electrons. The van der Waals surface area contributed by atoms with Crippen LogP contribution in [0.15, 0.2) is 0 Å². The molecule has 1 rings (SSSR count). The summed E-state index contributed by atoms with van der Waals surface area (Å²) in [5, 5.41) is 2.92. The van der Waals surface area contributed by atoms with Gasteiger partial charge in [0.1, 0.15) is 0 Å². The zero-order chi connectivity index (χ0) is 11.8. The van der Waals surface area contributed by atoms with E-state index in [4.69, 9.17) is 4.74 Å².